The Morgan fingerprint density at radius 2 is 1.50 bits per heavy atom. The fraction of sp³-hybridized carbons (Fsp3) is 0.227. The summed E-state index contributed by atoms with van der Waals surface area (Å²) in [5, 5.41) is 13.0. The van der Waals surface area contributed by atoms with E-state index >= 15 is 0 Å². The first-order valence-electron chi connectivity index (χ1n) is 9.75. The summed E-state index contributed by atoms with van der Waals surface area (Å²) in [5.74, 6) is -0.317. The van der Waals surface area contributed by atoms with Crippen molar-refractivity contribution in [3.8, 4) is 0 Å². The summed E-state index contributed by atoms with van der Waals surface area (Å²) >= 11 is 6.36. The molecule has 0 bridgehead atoms. The number of halogens is 1. The highest BCUT2D eigenvalue weighted by Gasteiger charge is 2.20. The van der Waals surface area contributed by atoms with Crippen LogP contribution in [0.15, 0.2) is 54.6 Å². The molecule has 1 heterocycles. The number of para-hydroxylation sites is 1. The normalized spacial score (nSPS) is 10.5. The standard InChI is InChI=1S/C22H24ClN5O2/c1-3-4-14-28-20(23)19(15(2)27-28)21(29)24-17-10-12-18(13-11-17)26-22(30)25-16-8-6-5-7-9-16/h5-13H,3-4,14H2,1-2H3,(H,24,29)(H2,25,26,30). The lowest BCUT2D eigenvalue weighted by Gasteiger charge is -2.09. The van der Waals surface area contributed by atoms with Crippen molar-refractivity contribution >= 4 is 40.6 Å². The third-order valence-electron chi connectivity index (χ3n) is 4.45. The highest BCUT2D eigenvalue weighted by Crippen LogP contribution is 2.22. The number of unbranched alkanes of at least 4 members (excludes halogenated alkanes) is 1. The van der Waals surface area contributed by atoms with E-state index in [1.165, 1.54) is 0 Å². The molecule has 3 N–H and O–H groups in total. The number of aryl methyl sites for hydroxylation is 2. The number of hydrogen-bond acceptors (Lipinski definition) is 3. The van der Waals surface area contributed by atoms with Gasteiger partial charge in [-0.3, -0.25) is 9.48 Å². The number of carbonyl (C=O) groups is 2. The van der Waals surface area contributed by atoms with Gasteiger partial charge in [0.05, 0.1) is 11.3 Å². The van der Waals surface area contributed by atoms with E-state index in [1.54, 1.807) is 48.0 Å². The van der Waals surface area contributed by atoms with E-state index < -0.39 is 0 Å². The zero-order valence-corrected chi connectivity index (χ0v) is 17.7. The van der Waals surface area contributed by atoms with E-state index in [0.29, 0.717) is 40.0 Å². The summed E-state index contributed by atoms with van der Waals surface area (Å²) in [7, 11) is 0. The maximum atomic E-state index is 12.7. The number of anilines is 3. The maximum absolute atomic E-state index is 12.7. The van der Waals surface area contributed by atoms with Gasteiger partial charge in [0.25, 0.3) is 5.91 Å². The minimum absolute atomic E-state index is 0.317. The molecule has 0 unspecified atom stereocenters. The van der Waals surface area contributed by atoms with Gasteiger partial charge >= 0.3 is 6.03 Å². The summed E-state index contributed by atoms with van der Waals surface area (Å²) in [5.41, 5.74) is 2.85. The molecule has 0 aliphatic rings. The van der Waals surface area contributed by atoms with E-state index in [1.807, 2.05) is 18.2 Å². The number of amides is 3. The molecule has 0 fully saturated rings. The smallest absolute Gasteiger partial charge is 0.322 e. The summed E-state index contributed by atoms with van der Waals surface area (Å²) in [4.78, 5) is 24.7. The number of benzene rings is 2. The van der Waals surface area contributed by atoms with Crippen molar-refractivity contribution in [2.24, 2.45) is 0 Å². The molecule has 2 aromatic carbocycles. The third kappa shape index (κ3) is 5.39. The quantitative estimate of drug-likeness (QED) is 0.464. The number of nitrogens with zero attached hydrogens (tertiary/aromatic N) is 2. The zero-order chi connectivity index (χ0) is 21.5. The first-order chi connectivity index (χ1) is 14.5. The molecule has 1 aromatic heterocycles. The average molecular weight is 426 g/mol. The zero-order valence-electron chi connectivity index (χ0n) is 16.9. The summed E-state index contributed by atoms with van der Waals surface area (Å²) < 4.78 is 1.66. The van der Waals surface area contributed by atoms with E-state index in [4.69, 9.17) is 11.6 Å². The van der Waals surface area contributed by atoms with Gasteiger partial charge in [-0.05, 0) is 49.7 Å². The largest absolute Gasteiger partial charge is 0.323 e. The summed E-state index contributed by atoms with van der Waals surface area (Å²) in [6.45, 7) is 4.53. The van der Waals surface area contributed by atoms with Crippen LogP contribution in [0.5, 0.6) is 0 Å². The topological polar surface area (TPSA) is 88.1 Å². The molecule has 7 nitrogen and oxygen atoms in total. The van der Waals surface area contributed by atoms with Crippen LogP contribution < -0.4 is 16.0 Å². The van der Waals surface area contributed by atoms with Crippen molar-refractivity contribution in [1.29, 1.82) is 0 Å². The van der Waals surface area contributed by atoms with E-state index in [9.17, 15) is 9.59 Å². The first kappa shape index (κ1) is 21.4. The van der Waals surface area contributed by atoms with Crippen LogP contribution in [0.25, 0.3) is 0 Å². The fourth-order valence-electron chi connectivity index (χ4n) is 2.91. The Labute approximate surface area is 180 Å². The number of aromatic nitrogens is 2. The van der Waals surface area contributed by atoms with Gasteiger partial charge in [0.2, 0.25) is 0 Å². The number of urea groups is 1. The average Bonchev–Trinajstić information content (AvgIpc) is 3.01. The lowest BCUT2D eigenvalue weighted by molar-refractivity contribution is 0.102. The molecule has 0 saturated heterocycles. The molecule has 0 spiro atoms. The predicted molar refractivity (Wildman–Crippen MR) is 120 cm³/mol. The fourth-order valence-corrected chi connectivity index (χ4v) is 3.26. The molecule has 0 aliphatic carbocycles. The summed E-state index contributed by atoms with van der Waals surface area (Å²) in [6, 6.07) is 15.6. The van der Waals surface area contributed by atoms with Crippen LogP contribution in [0, 0.1) is 6.92 Å². The number of rotatable bonds is 7. The van der Waals surface area contributed by atoms with Crippen molar-refractivity contribution in [2.75, 3.05) is 16.0 Å². The molecule has 0 saturated carbocycles. The van der Waals surface area contributed by atoms with Crippen LogP contribution in [0.2, 0.25) is 5.15 Å². The van der Waals surface area contributed by atoms with Gasteiger partial charge in [0.15, 0.2) is 0 Å². The van der Waals surface area contributed by atoms with Gasteiger partial charge < -0.3 is 16.0 Å². The lowest BCUT2D eigenvalue weighted by Crippen LogP contribution is -2.19. The molecule has 0 aliphatic heterocycles. The minimum atomic E-state index is -0.347. The Hall–Kier alpha value is -3.32. The van der Waals surface area contributed by atoms with Gasteiger partial charge in [-0.15, -0.1) is 0 Å². The number of hydrogen-bond donors (Lipinski definition) is 3. The Bertz CT molecular complexity index is 1020. The van der Waals surface area contributed by atoms with Gasteiger partial charge in [-0.1, -0.05) is 43.1 Å². The van der Waals surface area contributed by atoms with Crippen molar-refractivity contribution in [3.05, 3.63) is 71.0 Å². The second kappa shape index (κ2) is 9.93. The van der Waals surface area contributed by atoms with Crippen LogP contribution in [0.1, 0.15) is 35.8 Å². The Balaban J connectivity index is 1.61. The molecule has 3 amide bonds. The monoisotopic (exact) mass is 425 g/mol. The summed E-state index contributed by atoms with van der Waals surface area (Å²) in [6.07, 6.45) is 1.95. The van der Waals surface area contributed by atoms with Gasteiger partial charge in [-0.2, -0.15) is 5.10 Å². The van der Waals surface area contributed by atoms with Crippen molar-refractivity contribution < 1.29 is 9.59 Å². The Morgan fingerprint density at radius 3 is 2.10 bits per heavy atom. The predicted octanol–water partition coefficient (Wildman–Crippen LogP) is 5.54. The first-order valence-corrected chi connectivity index (χ1v) is 10.1. The van der Waals surface area contributed by atoms with Crippen LogP contribution in [-0.4, -0.2) is 21.7 Å². The third-order valence-corrected chi connectivity index (χ3v) is 4.83. The Kier molecular flexibility index (Phi) is 7.08. The van der Waals surface area contributed by atoms with Crippen molar-refractivity contribution in [2.45, 2.75) is 33.2 Å². The van der Waals surface area contributed by atoms with Crippen LogP contribution >= 0.6 is 11.6 Å². The molecule has 8 heteroatoms. The van der Waals surface area contributed by atoms with Gasteiger partial charge in [-0.25, -0.2) is 4.79 Å². The molecule has 30 heavy (non-hydrogen) atoms. The van der Waals surface area contributed by atoms with Crippen molar-refractivity contribution in [3.63, 3.8) is 0 Å². The van der Waals surface area contributed by atoms with Crippen LogP contribution in [-0.2, 0) is 6.54 Å². The molecular weight excluding hydrogens is 402 g/mol. The van der Waals surface area contributed by atoms with E-state index in [2.05, 4.69) is 28.0 Å². The molecule has 0 atom stereocenters. The SMILES string of the molecule is CCCCn1nc(C)c(C(=O)Nc2ccc(NC(=O)Nc3ccccc3)cc2)c1Cl. The highest BCUT2D eigenvalue weighted by atomic mass is 35.5. The number of nitrogens with one attached hydrogen (secondary N) is 3. The maximum Gasteiger partial charge on any atom is 0.323 e. The lowest BCUT2D eigenvalue weighted by atomic mass is 10.2. The molecule has 156 valence electrons. The van der Waals surface area contributed by atoms with Crippen molar-refractivity contribution in [1.82, 2.24) is 9.78 Å². The molecule has 3 aromatic rings. The minimum Gasteiger partial charge on any atom is -0.322 e. The van der Waals surface area contributed by atoms with E-state index in [-0.39, 0.29) is 11.9 Å². The Morgan fingerprint density at radius 1 is 0.933 bits per heavy atom. The number of carbonyl (C=O) groups excluding carboxylic acids is 2. The second-order valence-electron chi connectivity index (χ2n) is 6.80. The van der Waals surface area contributed by atoms with E-state index in [0.717, 1.165) is 12.8 Å². The highest BCUT2D eigenvalue weighted by molar-refractivity contribution is 6.33. The molecule has 0 radical (unpaired) electrons. The second-order valence-corrected chi connectivity index (χ2v) is 7.16. The van der Waals surface area contributed by atoms with Gasteiger partial charge in [0.1, 0.15) is 5.15 Å². The molecule has 3 rings (SSSR count). The van der Waals surface area contributed by atoms with Gasteiger partial charge in [0, 0.05) is 23.6 Å². The molecular formula is C22H24ClN5O2. The van der Waals surface area contributed by atoms with Crippen LogP contribution in [0.3, 0.4) is 0 Å². The van der Waals surface area contributed by atoms with Crippen LogP contribution in [0.4, 0.5) is 21.9 Å².